The van der Waals surface area contributed by atoms with Gasteiger partial charge in [-0.1, -0.05) is 48.5 Å². The van der Waals surface area contributed by atoms with E-state index >= 15 is 8.78 Å². The Morgan fingerprint density at radius 3 is 2.45 bits per heavy atom. The van der Waals surface area contributed by atoms with Crippen LogP contribution < -0.4 is 0 Å². The average molecular weight is 554 g/mol. The van der Waals surface area contributed by atoms with E-state index < -0.39 is 46.4 Å². The van der Waals surface area contributed by atoms with Gasteiger partial charge in [-0.3, -0.25) is 14.5 Å². The number of hydrogen-bond donors (Lipinski definition) is 1. The minimum absolute atomic E-state index is 0.0348. The summed E-state index contributed by atoms with van der Waals surface area (Å²) in [6.07, 6.45) is -4.89. The van der Waals surface area contributed by atoms with Crippen LogP contribution in [0.15, 0.2) is 72.8 Å². The van der Waals surface area contributed by atoms with Gasteiger partial charge in [0.1, 0.15) is 0 Å². The number of nitrogens with one attached hydrogen (secondary N) is 1. The summed E-state index contributed by atoms with van der Waals surface area (Å²) in [6, 6.07) is 16.7. The molecular weight excluding hydrogens is 529 g/mol. The first-order valence-corrected chi connectivity index (χ1v) is 12.8. The summed E-state index contributed by atoms with van der Waals surface area (Å²) in [5.74, 6) is -4.70. The second kappa shape index (κ2) is 9.55. The van der Waals surface area contributed by atoms with Crippen molar-refractivity contribution in [1.29, 1.82) is 0 Å². The summed E-state index contributed by atoms with van der Waals surface area (Å²) in [6.45, 7) is 0.697. The maximum atomic E-state index is 16.1. The molecule has 2 aliphatic heterocycles. The van der Waals surface area contributed by atoms with E-state index in [1.54, 1.807) is 54.6 Å². The molecule has 1 N–H and O–H groups in total. The summed E-state index contributed by atoms with van der Waals surface area (Å²) in [5.41, 5.74) is -1.96. The molecule has 40 heavy (non-hydrogen) atoms. The number of aromatic nitrogens is 1. The Bertz CT molecular complexity index is 1610. The number of benzene rings is 3. The van der Waals surface area contributed by atoms with Crippen LogP contribution in [0.5, 0.6) is 0 Å². The highest BCUT2D eigenvalue weighted by atomic mass is 19.4. The molecule has 2 bridgehead atoms. The van der Waals surface area contributed by atoms with Crippen molar-refractivity contribution in [3.05, 3.63) is 106 Å². The minimum Gasteiger partial charge on any atom is -0.353 e. The first-order chi connectivity index (χ1) is 19.0. The van der Waals surface area contributed by atoms with Gasteiger partial charge in [0.15, 0.2) is 5.78 Å². The molecule has 1 fully saturated rings. The number of nitrogens with zero attached hydrogens (tertiary/aromatic N) is 2. The van der Waals surface area contributed by atoms with Gasteiger partial charge in [-0.05, 0) is 36.2 Å². The number of carbonyl (C=O) groups is 2. The molecule has 3 aromatic carbocycles. The van der Waals surface area contributed by atoms with Crippen LogP contribution in [-0.4, -0.2) is 58.7 Å². The zero-order chi connectivity index (χ0) is 28.2. The lowest BCUT2D eigenvalue weighted by molar-refractivity contribution is -0.137. The predicted molar refractivity (Wildman–Crippen MR) is 138 cm³/mol. The summed E-state index contributed by atoms with van der Waals surface area (Å²) in [5, 5.41) is 0.509. The molecule has 0 saturated carbocycles. The number of H-pyrrole nitrogens is 1. The van der Waals surface area contributed by atoms with Crippen LogP contribution in [-0.2, 0) is 18.5 Å². The van der Waals surface area contributed by atoms with Crippen LogP contribution in [0, 0.1) is 0 Å². The van der Waals surface area contributed by atoms with E-state index in [0.717, 1.165) is 6.07 Å². The molecule has 4 aromatic rings. The van der Waals surface area contributed by atoms with Crippen molar-refractivity contribution in [2.24, 2.45) is 0 Å². The van der Waals surface area contributed by atoms with Crippen LogP contribution in [0.4, 0.5) is 22.0 Å². The van der Waals surface area contributed by atoms with Crippen molar-refractivity contribution in [3.63, 3.8) is 0 Å². The molecular formula is C30H24F5N3O2. The number of halogens is 5. The van der Waals surface area contributed by atoms with Gasteiger partial charge < -0.3 is 9.88 Å². The molecule has 5 nitrogen and oxygen atoms in total. The zero-order valence-corrected chi connectivity index (χ0v) is 21.1. The highest BCUT2D eigenvalue weighted by Crippen LogP contribution is 2.43. The van der Waals surface area contributed by atoms with Gasteiger partial charge in [0.25, 0.3) is 5.91 Å². The summed E-state index contributed by atoms with van der Waals surface area (Å²) in [7, 11) is 0. The van der Waals surface area contributed by atoms with Gasteiger partial charge in [-0.25, -0.2) is 0 Å². The smallest absolute Gasteiger partial charge is 0.353 e. The third kappa shape index (κ3) is 4.56. The summed E-state index contributed by atoms with van der Waals surface area (Å²) < 4.78 is 73.6. The fourth-order valence-electron chi connectivity index (χ4n) is 5.75. The fourth-order valence-corrected chi connectivity index (χ4v) is 5.75. The number of fused-ring (bicyclic) bond motifs is 6. The second-order valence-corrected chi connectivity index (χ2v) is 10.3. The Morgan fingerprint density at radius 1 is 0.975 bits per heavy atom. The third-order valence-corrected chi connectivity index (χ3v) is 7.73. The third-order valence-electron chi connectivity index (χ3n) is 7.73. The van der Waals surface area contributed by atoms with Crippen molar-refractivity contribution in [1.82, 2.24) is 14.8 Å². The number of alkyl halides is 5. The molecule has 3 heterocycles. The molecule has 1 amide bonds. The van der Waals surface area contributed by atoms with Crippen LogP contribution in [0.25, 0.3) is 10.9 Å². The standard InChI is InChI=1S/C30H24F5N3O2/c31-29(32)20-12-19(13-21(14-20)30(33,34)35)28(40)38-11-10-37(17-26(39)18-6-2-1-3-7-18)16-22(38)15-24-23-8-4-5-9-25(23)36-27(24)29/h1-9,12-14,22,36H,10-11,15-17H2/t22-/m1/s1. The Hall–Kier alpha value is -4.05. The summed E-state index contributed by atoms with van der Waals surface area (Å²) >= 11 is 0. The SMILES string of the molecule is O=C(CN1CCN2C(=O)c3cc(C(F)(F)F)cc(c3)C(F)(F)c3[nH]c4ccccc4c3C[C@@H]2C1)c1ccccc1. The highest BCUT2D eigenvalue weighted by Gasteiger charge is 2.44. The lowest BCUT2D eigenvalue weighted by Gasteiger charge is -2.42. The van der Waals surface area contributed by atoms with E-state index in [9.17, 15) is 22.8 Å². The lowest BCUT2D eigenvalue weighted by atomic mass is 9.91. The van der Waals surface area contributed by atoms with E-state index in [1.165, 1.54) is 4.90 Å². The largest absolute Gasteiger partial charge is 0.416 e. The first-order valence-electron chi connectivity index (χ1n) is 12.8. The molecule has 0 unspecified atom stereocenters. The normalized spacial score (nSPS) is 19.3. The van der Waals surface area contributed by atoms with E-state index in [2.05, 4.69) is 4.98 Å². The van der Waals surface area contributed by atoms with Crippen molar-refractivity contribution in [2.45, 2.75) is 24.6 Å². The number of carbonyl (C=O) groups excluding carboxylic acids is 2. The lowest BCUT2D eigenvalue weighted by Crippen LogP contribution is -2.57. The predicted octanol–water partition coefficient (Wildman–Crippen LogP) is 5.89. The van der Waals surface area contributed by atoms with Crippen LogP contribution in [0.3, 0.4) is 0 Å². The molecule has 6 rings (SSSR count). The molecule has 0 aliphatic carbocycles. The molecule has 0 radical (unpaired) electrons. The van der Waals surface area contributed by atoms with Crippen LogP contribution in [0.2, 0.25) is 0 Å². The first kappa shape index (κ1) is 26.2. The molecule has 2 aliphatic rings. The zero-order valence-electron chi connectivity index (χ0n) is 21.1. The second-order valence-electron chi connectivity index (χ2n) is 10.3. The molecule has 206 valence electrons. The van der Waals surface area contributed by atoms with E-state index in [-0.39, 0.29) is 37.4 Å². The van der Waals surface area contributed by atoms with E-state index in [4.69, 9.17) is 0 Å². The maximum absolute atomic E-state index is 16.1. The minimum atomic E-state index is -4.93. The Balaban J connectivity index is 1.46. The van der Waals surface area contributed by atoms with Crippen molar-refractivity contribution >= 4 is 22.6 Å². The van der Waals surface area contributed by atoms with Gasteiger partial charge in [0, 0.05) is 53.3 Å². The fraction of sp³-hybridized carbons (Fsp3) is 0.267. The topological polar surface area (TPSA) is 56.4 Å². The Morgan fingerprint density at radius 2 is 1.70 bits per heavy atom. The van der Waals surface area contributed by atoms with Gasteiger partial charge in [0.2, 0.25) is 0 Å². The average Bonchev–Trinajstić information content (AvgIpc) is 3.31. The number of ketones is 1. The molecule has 1 saturated heterocycles. The van der Waals surface area contributed by atoms with Gasteiger partial charge >= 0.3 is 12.1 Å². The Kier molecular flexibility index (Phi) is 6.25. The number of hydrogen-bond acceptors (Lipinski definition) is 3. The van der Waals surface area contributed by atoms with Gasteiger partial charge in [0.05, 0.1) is 17.8 Å². The highest BCUT2D eigenvalue weighted by molar-refractivity contribution is 5.98. The van der Waals surface area contributed by atoms with E-state index in [1.807, 2.05) is 4.90 Å². The van der Waals surface area contributed by atoms with Gasteiger partial charge in [-0.15, -0.1) is 0 Å². The van der Waals surface area contributed by atoms with Crippen molar-refractivity contribution in [3.8, 4) is 0 Å². The molecule has 10 heteroatoms. The number of piperazine rings is 1. The Labute approximate surface area is 226 Å². The maximum Gasteiger partial charge on any atom is 0.416 e. The number of para-hydroxylation sites is 1. The van der Waals surface area contributed by atoms with Crippen LogP contribution in [0.1, 0.15) is 43.1 Å². The number of aromatic amines is 1. The monoisotopic (exact) mass is 553 g/mol. The van der Waals surface area contributed by atoms with Crippen LogP contribution >= 0.6 is 0 Å². The summed E-state index contributed by atoms with van der Waals surface area (Å²) in [4.78, 5) is 32.6. The number of rotatable bonds is 3. The van der Waals surface area contributed by atoms with Crippen molar-refractivity contribution < 1.29 is 31.5 Å². The number of amides is 1. The van der Waals surface area contributed by atoms with Crippen molar-refractivity contribution in [2.75, 3.05) is 26.2 Å². The molecule has 0 spiro atoms. The quantitative estimate of drug-likeness (QED) is 0.254. The van der Waals surface area contributed by atoms with Gasteiger partial charge in [-0.2, -0.15) is 22.0 Å². The van der Waals surface area contributed by atoms with E-state index in [0.29, 0.717) is 35.1 Å². The molecule has 1 atom stereocenters. The number of Topliss-reactive ketones (excluding diaryl/α,β-unsaturated/α-hetero) is 1. The molecule has 1 aromatic heterocycles.